The summed E-state index contributed by atoms with van der Waals surface area (Å²) >= 11 is 0. The van der Waals surface area contributed by atoms with Crippen LogP contribution in [0.4, 0.5) is 5.69 Å². The number of aromatic nitrogens is 1. The Kier molecular flexibility index (Phi) is 3.73. The van der Waals surface area contributed by atoms with Crippen LogP contribution in [0.2, 0.25) is 0 Å². The van der Waals surface area contributed by atoms with Crippen LogP contribution in [0.1, 0.15) is 6.42 Å². The Labute approximate surface area is 103 Å². The number of aliphatic hydroxyl groups is 1. The van der Waals surface area contributed by atoms with Gasteiger partial charge in [-0.3, -0.25) is 19.8 Å². The molecule has 1 atom stereocenters. The van der Waals surface area contributed by atoms with E-state index < -0.39 is 4.92 Å². The van der Waals surface area contributed by atoms with Crippen molar-refractivity contribution in [3.05, 3.63) is 38.8 Å². The third-order valence-electron chi connectivity index (χ3n) is 3.08. The molecule has 1 aromatic heterocycles. The van der Waals surface area contributed by atoms with E-state index in [1.54, 1.807) is 0 Å². The molecule has 0 spiro atoms. The SMILES string of the molecule is O=c1ccc([N+](=O)[O-])cn1CCN1CC[C@H](O)C1. The monoisotopic (exact) mass is 253 g/mol. The Bertz CT molecular complexity index is 499. The van der Waals surface area contributed by atoms with Crippen LogP contribution in [0.15, 0.2) is 23.1 Å². The zero-order valence-electron chi connectivity index (χ0n) is 9.86. The first kappa shape index (κ1) is 12.7. The number of hydrogen-bond donors (Lipinski definition) is 1. The van der Waals surface area contributed by atoms with E-state index in [9.17, 15) is 20.0 Å². The van der Waals surface area contributed by atoms with Crippen molar-refractivity contribution >= 4 is 5.69 Å². The number of hydrogen-bond acceptors (Lipinski definition) is 5. The van der Waals surface area contributed by atoms with Gasteiger partial charge in [-0.1, -0.05) is 0 Å². The molecule has 0 amide bonds. The molecule has 7 nitrogen and oxygen atoms in total. The van der Waals surface area contributed by atoms with Crippen LogP contribution in [0.3, 0.4) is 0 Å². The first-order chi connectivity index (χ1) is 8.56. The number of pyridine rings is 1. The van der Waals surface area contributed by atoms with Gasteiger partial charge in [-0.15, -0.1) is 0 Å². The molecule has 1 fully saturated rings. The molecule has 1 saturated heterocycles. The van der Waals surface area contributed by atoms with Crippen molar-refractivity contribution in [3.8, 4) is 0 Å². The molecule has 0 saturated carbocycles. The molecule has 18 heavy (non-hydrogen) atoms. The Morgan fingerprint density at radius 1 is 1.44 bits per heavy atom. The lowest BCUT2D eigenvalue weighted by Gasteiger charge is -2.15. The summed E-state index contributed by atoms with van der Waals surface area (Å²) in [5, 5.41) is 20.0. The summed E-state index contributed by atoms with van der Waals surface area (Å²) in [4.78, 5) is 23.7. The fraction of sp³-hybridized carbons (Fsp3) is 0.545. The molecule has 0 radical (unpaired) electrons. The Hall–Kier alpha value is -1.73. The largest absolute Gasteiger partial charge is 0.392 e. The van der Waals surface area contributed by atoms with Gasteiger partial charge in [-0.05, 0) is 6.42 Å². The highest BCUT2D eigenvalue weighted by molar-refractivity contribution is 5.24. The predicted octanol–water partition coefficient (Wildman–Crippen LogP) is -0.177. The molecule has 0 bridgehead atoms. The molecular formula is C11H15N3O4. The fourth-order valence-electron chi connectivity index (χ4n) is 2.07. The second-order valence-corrected chi connectivity index (χ2v) is 4.42. The normalized spacial score (nSPS) is 20.2. The molecular weight excluding hydrogens is 238 g/mol. The zero-order valence-corrected chi connectivity index (χ0v) is 9.86. The lowest BCUT2D eigenvalue weighted by molar-refractivity contribution is -0.385. The highest BCUT2D eigenvalue weighted by Gasteiger charge is 2.19. The number of β-amino-alcohol motifs (C(OH)–C–C–N with tert-alkyl or cyclic N) is 1. The van der Waals surface area contributed by atoms with E-state index in [-0.39, 0.29) is 17.4 Å². The predicted molar refractivity (Wildman–Crippen MR) is 64.4 cm³/mol. The minimum absolute atomic E-state index is 0.0870. The molecule has 2 rings (SSSR count). The number of nitro groups is 1. The van der Waals surface area contributed by atoms with E-state index in [0.717, 1.165) is 13.0 Å². The molecule has 0 unspecified atom stereocenters. The first-order valence-electron chi connectivity index (χ1n) is 5.81. The summed E-state index contributed by atoms with van der Waals surface area (Å²) in [6, 6.07) is 2.41. The lowest BCUT2D eigenvalue weighted by atomic mass is 10.3. The molecule has 1 N–H and O–H groups in total. The summed E-state index contributed by atoms with van der Waals surface area (Å²) in [6.45, 7) is 2.40. The maximum atomic E-state index is 11.5. The van der Waals surface area contributed by atoms with Crippen molar-refractivity contribution in [2.24, 2.45) is 0 Å². The summed E-state index contributed by atoms with van der Waals surface area (Å²) in [5.41, 5.74) is -0.337. The van der Waals surface area contributed by atoms with Crippen molar-refractivity contribution in [1.82, 2.24) is 9.47 Å². The van der Waals surface area contributed by atoms with Gasteiger partial charge >= 0.3 is 0 Å². The third kappa shape index (κ3) is 2.93. The minimum atomic E-state index is -0.518. The van der Waals surface area contributed by atoms with Gasteiger partial charge < -0.3 is 9.67 Å². The van der Waals surface area contributed by atoms with Crippen LogP contribution in [0.25, 0.3) is 0 Å². The summed E-state index contributed by atoms with van der Waals surface area (Å²) in [6.07, 6.45) is 1.70. The van der Waals surface area contributed by atoms with Gasteiger partial charge in [0.25, 0.3) is 11.2 Å². The van der Waals surface area contributed by atoms with Gasteiger partial charge in [-0.25, -0.2) is 0 Å². The van der Waals surface area contributed by atoms with Gasteiger partial charge in [0.15, 0.2) is 0 Å². The highest BCUT2D eigenvalue weighted by Crippen LogP contribution is 2.09. The molecule has 0 aliphatic carbocycles. The molecule has 7 heteroatoms. The minimum Gasteiger partial charge on any atom is -0.392 e. The van der Waals surface area contributed by atoms with Crippen LogP contribution in [-0.2, 0) is 6.54 Å². The summed E-state index contributed by atoms with van der Waals surface area (Å²) in [5.74, 6) is 0. The van der Waals surface area contributed by atoms with Crippen molar-refractivity contribution in [1.29, 1.82) is 0 Å². The van der Waals surface area contributed by atoms with Gasteiger partial charge in [0.2, 0.25) is 0 Å². The number of nitrogens with zero attached hydrogens (tertiary/aromatic N) is 3. The van der Waals surface area contributed by atoms with Crippen LogP contribution in [-0.4, -0.2) is 45.2 Å². The standard InChI is InChI=1S/C11H15N3O4/c15-10-3-4-12(8-10)5-6-13-7-9(14(17)18)1-2-11(13)16/h1-2,7,10,15H,3-6,8H2/t10-/m0/s1. The van der Waals surface area contributed by atoms with Gasteiger partial charge in [0.1, 0.15) is 0 Å². The maximum absolute atomic E-state index is 11.5. The third-order valence-corrected chi connectivity index (χ3v) is 3.08. The molecule has 1 aliphatic heterocycles. The smallest absolute Gasteiger partial charge is 0.285 e. The van der Waals surface area contributed by atoms with Crippen molar-refractivity contribution in [2.75, 3.05) is 19.6 Å². The lowest BCUT2D eigenvalue weighted by Crippen LogP contribution is -2.29. The Morgan fingerprint density at radius 2 is 2.22 bits per heavy atom. The number of aliphatic hydroxyl groups excluding tert-OH is 1. The molecule has 0 aromatic carbocycles. The van der Waals surface area contributed by atoms with E-state index in [4.69, 9.17) is 0 Å². The topological polar surface area (TPSA) is 88.6 Å². The molecule has 1 aliphatic rings. The van der Waals surface area contributed by atoms with Crippen molar-refractivity contribution in [3.63, 3.8) is 0 Å². The van der Waals surface area contributed by atoms with E-state index in [2.05, 4.69) is 0 Å². The van der Waals surface area contributed by atoms with Gasteiger partial charge in [0, 0.05) is 38.3 Å². The Balaban J connectivity index is 2.02. The molecule has 98 valence electrons. The van der Waals surface area contributed by atoms with E-state index in [0.29, 0.717) is 19.6 Å². The fourth-order valence-corrected chi connectivity index (χ4v) is 2.07. The first-order valence-corrected chi connectivity index (χ1v) is 5.81. The zero-order chi connectivity index (χ0) is 13.1. The second kappa shape index (κ2) is 5.28. The van der Waals surface area contributed by atoms with E-state index in [1.807, 2.05) is 4.90 Å². The van der Waals surface area contributed by atoms with Crippen LogP contribution in [0.5, 0.6) is 0 Å². The van der Waals surface area contributed by atoms with Crippen LogP contribution in [0, 0.1) is 10.1 Å². The number of likely N-dealkylation sites (tertiary alicyclic amines) is 1. The van der Waals surface area contributed by atoms with Crippen LogP contribution < -0.4 is 5.56 Å². The summed E-state index contributed by atoms with van der Waals surface area (Å²) < 4.78 is 1.34. The molecule has 1 aromatic rings. The van der Waals surface area contributed by atoms with Crippen molar-refractivity contribution in [2.45, 2.75) is 19.1 Å². The van der Waals surface area contributed by atoms with E-state index in [1.165, 1.54) is 22.9 Å². The average Bonchev–Trinajstić information content (AvgIpc) is 2.74. The number of rotatable bonds is 4. The molecule has 2 heterocycles. The highest BCUT2D eigenvalue weighted by atomic mass is 16.6. The summed E-state index contributed by atoms with van der Waals surface area (Å²) in [7, 11) is 0. The quantitative estimate of drug-likeness (QED) is 0.594. The van der Waals surface area contributed by atoms with Gasteiger partial charge in [0.05, 0.1) is 17.2 Å². The Morgan fingerprint density at radius 3 is 2.83 bits per heavy atom. The van der Waals surface area contributed by atoms with Crippen LogP contribution >= 0.6 is 0 Å². The van der Waals surface area contributed by atoms with Gasteiger partial charge in [-0.2, -0.15) is 0 Å². The maximum Gasteiger partial charge on any atom is 0.285 e. The van der Waals surface area contributed by atoms with E-state index >= 15 is 0 Å². The van der Waals surface area contributed by atoms with Crippen molar-refractivity contribution < 1.29 is 10.0 Å². The second-order valence-electron chi connectivity index (χ2n) is 4.42. The average molecular weight is 253 g/mol.